The lowest BCUT2D eigenvalue weighted by molar-refractivity contribution is -0.120. The Bertz CT molecular complexity index is 254. The summed E-state index contributed by atoms with van der Waals surface area (Å²) in [5.41, 5.74) is 2.02. The fourth-order valence-corrected chi connectivity index (χ4v) is 1.22. The van der Waals surface area contributed by atoms with Crippen molar-refractivity contribution in [3.05, 3.63) is 23.3 Å². The van der Waals surface area contributed by atoms with Crippen LogP contribution in [0.2, 0.25) is 0 Å². The molecule has 0 amide bonds. The highest BCUT2D eigenvalue weighted by Gasteiger charge is 2.26. The number of carbonyl (C=O) groups excluding carboxylic acids is 1. The predicted octanol–water partition coefficient (Wildman–Crippen LogP) is 2.49. The molecule has 0 saturated carbocycles. The number of ketones is 1. The van der Waals surface area contributed by atoms with Crippen LogP contribution >= 0.6 is 0 Å². The Morgan fingerprint density at radius 1 is 1.18 bits per heavy atom. The summed E-state index contributed by atoms with van der Waals surface area (Å²) in [4.78, 5) is 11.4. The second-order valence-corrected chi connectivity index (χ2v) is 3.74. The summed E-state index contributed by atoms with van der Waals surface area (Å²) >= 11 is 0. The van der Waals surface area contributed by atoms with Gasteiger partial charge in [-0.2, -0.15) is 0 Å². The summed E-state index contributed by atoms with van der Waals surface area (Å²) < 4.78 is 0. The normalized spacial score (nSPS) is 22.7. The van der Waals surface area contributed by atoms with E-state index in [9.17, 15) is 4.79 Å². The van der Waals surface area contributed by atoms with E-state index in [1.54, 1.807) is 6.08 Å². The third kappa shape index (κ3) is 1.42. The molecule has 0 bridgehead atoms. The van der Waals surface area contributed by atoms with Gasteiger partial charge in [-0.3, -0.25) is 4.79 Å². The van der Waals surface area contributed by atoms with E-state index in [-0.39, 0.29) is 11.2 Å². The molecule has 0 aromatic heterocycles. The summed E-state index contributed by atoms with van der Waals surface area (Å²) in [5, 5.41) is 0. The molecule has 0 fully saturated rings. The smallest absolute Gasteiger partial charge is 0.165 e. The first-order chi connectivity index (χ1) is 4.93. The largest absolute Gasteiger partial charge is 0.294 e. The first-order valence-electron chi connectivity index (χ1n) is 3.86. The highest BCUT2D eigenvalue weighted by molar-refractivity contribution is 5.98. The van der Waals surface area contributed by atoms with Crippen molar-refractivity contribution in [2.75, 3.05) is 0 Å². The van der Waals surface area contributed by atoms with Crippen LogP contribution in [-0.4, -0.2) is 5.78 Å². The van der Waals surface area contributed by atoms with Crippen molar-refractivity contribution in [1.82, 2.24) is 0 Å². The summed E-state index contributed by atoms with van der Waals surface area (Å²) in [6.07, 6.45) is 3.76. The van der Waals surface area contributed by atoms with Crippen LogP contribution in [-0.2, 0) is 4.79 Å². The Morgan fingerprint density at radius 2 is 1.73 bits per heavy atom. The molecular formula is C10H14O. The molecule has 0 atom stereocenters. The zero-order chi connectivity index (χ0) is 8.65. The number of hydrogen-bond acceptors (Lipinski definition) is 1. The first-order valence-corrected chi connectivity index (χ1v) is 3.86. The van der Waals surface area contributed by atoms with E-state index in [1.807, 2.05) is 33.8 Å². The fourth-order valence-electron chi connectivity index (χ4n) is 1.22. The molecule has 0 N–H and O–H groups in total. The zero-order valence-electron chi connectivity index (χ0n) is 7.56. The van der Waals surface area contributed by atoms with Crippen LogP contribution in [0, 0.1) is 5.41 Å². The van der Waals surface area contributed by atoms with Crippen molar-refractivity contribution in [2.45, 2.75) is 27.7 Å². The minimum Gasteiger partial charge on any atom is -0.294 e. The summed E-state index contributed by atoms with van der Waals surface area (Å²) in [6, 6.07) is 0. The number of allylic oxidation sites excluding steroid dienone is 4. The van der Waals surface area contributed by atoms with Crippen LogP contribution in [0.1, 0.15) is 27.7 Å². The van der Waals surface area contributed by atoms with Crippen LogP contribution in [0.5, 0.6) is 0 Å². The van der Waals surface area contributed by atoms with Crippen LogP contribution in [0.4, 0.5) is 0 Å². The van der Waals surface area contributed by atoms with Gasteiger partial charge in [0, 0.05) is 5.41 Å². The van der Waals surface area contributed by atoms with Crippen molar-refractivity contribution < 1.29 is 4.79 Å². The molecule has 0 heterocycles. The van der Waals surface area contributed by atoms with Gasteiger partial charge in [-0.1, -0.05) is 11.6 Å². The lowest BCUT2D eigenvalue weighted by Crippen LogP contribution is -2.23. The molecule has 1 aliphatic carbocycles. The maximum Gasteiger partial charge on any atom is 0.165 e. The molecule has 0 aromatic rings. The van der Waals surface area contributed by atoms with Gasteiger partial charge in [0.2, 0.25) is 0 Å². The Hall–Kier alpha value is -0.850. The molecule has 0 aromatic carbocycles. The fraction of sp³-hybridized carbons (Fsp3) is 0.500. The minimum absolute atomic E-state index is 0.209. The van der Waals surface area contributed by atoms with Gasteiger partial charge in [0.15, 0.2) is 5.78 Å². The Morgan fingerprint density at radius 3 is 2.18 bits per heavy atom. The molecule has 0 spiro atoms. The van der Waals surface area contributed by atoms with E-state index in [0.717, 1.165) is 5.57 Å². The van der Waals surface area contributed by atoms with Gasteiger partial charge < -0.3 is 0 Å². The first kappa shape index (κ1) is 8.25. The number of hydrogen-bond donors (Lipinski definition) is 0. The van der Waals surface area contributed by atoms with Crippen LogP contribution < -0.4 is 0 Å². The van der Waals surface area contributed by atoms with Crippen molar-refractivity contribution in [3.63, 3.8) is 0 Å². The quantitative estimate of drug-likeness (QED) is 0.518. The lowest BCUT2D eigenvalue weighted by Gasteiger charge is -2.22. The van der Waals surface area contributed by atoms with E-state index in [0.29, 0.717) is 0 Å². The maximum atomic E-state index is 11.4. The molecule has 11 heavy (non-hydrogen) atoms. The Balaban J connectivity index is 3.08. The van der Waals surface area contributed by atoms with E-state index < -0.39 is 0 Å². The number of carbonyl (C=O) groups is 1. The van der Waals surface area contributed by atoms with Crippen LogP contribution in [0.3, 0.4) is 0 Å². The van der Waals surface area contributed by atoms with Gasteiger partial charge in [0.05, 0.1) is 0 Å². The highest BCUT2D eigenvalue weighted by Crippen LogP contribution is 2.28. The second kappa shape index (κ2) is 2.33. The average molecular weight is 150 g/mol. The van der Waals surface area contributed by atoms with Gasteiger partial charge >= 0.3 is 0 Å². The molecule has 0 radical (unpaired) electrons. The van der Waals surface area contributed by atoms with Crippen molar-refractivity contribution in [2.24, 2.45) is 5.41 Å². The van der Waals surface area contributed by atoms with E-state index in [2.05, 4.69) is 0 Å². The zero-order valence-corrected chi connectivity index (χ0v) is 7.56. The Kier molecular flexibility index (Phi) is 1.75. The van der Waals surface area contributed by atoms with Crippen molar-refractivity contribution in [1.29, 1.82) is 0 Å². The van der Waals surface area contributed by atoms with E-state index in [1.165, 1.54) is 5.57 Å². The van der Waals surface area contributed by atoms with E-state index >= 15 is 0 Å². The topological polar surface area (TPSA) is 17.1 Å². The van der Waals surface area contributed by atoms with Crippen LogP contribution in [0.25, 0.3) is 0 Å². The van der Waals surface area contributed by atoms with Gasteiger partial charge in [-0.25, -0.2) is 0 Å². The third-order valence-electron chi connectivity index (χ3n) is 2.18. The van der Waals surface area contributed by atoms with Gasteiger partial charge in [0.25, 0.3) is 0 Å². The number of rotatable bonds is 0. The molecule has 60 valence electrons. The molecule has 1 rings (SSSR count). The molecule has 1 aliphatic rings. The van der Waals surface area contributed by atoms with Crippen molar-refractivity contribution >= 4 is 5.78 Å². The van der Waals surface area contributed by atoms with E-state index in [4.69, 9.17) is 0 Å². The molecule has 0 aliphatic heterocycles. The van der Waals surface area contributed by atoms with Gasteiger partial charge in [-0.15, -0.1) is 0 Å². The van der Waals surface area contributed by atoms with Crippen LogP contribution in [0.15, 0.2) is 23.3 Å². The summed E-state index contributed by atoms with van der Waals surface area (Å²) in [6.45, 7) is 7.91. The lowest BCUT2D eigenvalue weighted by atomic mass is 9.80. The standard InChI is InChI=1S/C10H14O/c1-7-5-9(11)10(3,4)6-8(7)2/h5-6H,1-4H3. The molecular weight excluding hydrogens is 136 g/mol. The Labute approximate surface area is 67.8 Å². The molecule has 1 heteroatoms. The molecule has 1 nitrogen and oxygen atoms in total. The third-order valence-corrected chi connectivity index (χ3v) is 2.18. The van der Waals surface area contributed by atoms with Crippen molar-refractivity contribution in [3.8, 4) is 0 Å². The second-order valence-electron chi connectivity index (χ2n) is 3.74. The van der Waals surface area contributed by atoms with Gasteiger partial charge in [-0.05, 0) is 39.3 Å². The minimum atomic E-state index is -0.288. The maximum absolute atomic E-state index is 11.4. The molecule has 0 saturated heterocycles. The summed E-state index contributed by atoms with van der Waals surface area (Å²) in [5.74, 6) is 0.209. The summed E-state index contributed by atoms with van der Waals surface area (Å²) in [7, 11) is 0. The average Bonchev–Trinajstić information content (AvgIpc) is 1.83. The highest BCUT2D eigenvalue weighted by atomic mass is 16.1. The van der Waals surface area contributed by atoms with Gasteiger partial charge in [0.1, 0.15) is 0 Å². The predicted molar refractivity (Wildman–Crippen MR) is 46.3 cm³/mol. The monoisotopic (exact) mass is 150 g/mol. The SMILES string of the molecule is CC1=CC(=O)C(C)(C)C=C1C. The molecule has 0 unspecified atom stereocenters.